The molecular weight excluding hydrogens is 596 g/mol. The van der Waals surface area contributed by atoms with Crippen LogP contribution in [-0.4, -0.2) is 68.8 Å². The summed E-state index contributed by atoms with van der Waals surface area (Å²) in [6.45, 7) is 7.50. The molecule has 2 bridgehead atoms. The highest BCUT2D eigenvalue weighted by atomic mass is 35.5. The van der Waals surface area contributed by atoms with Crippen molar-refractivity contribution in [3.05, 3.63) is 82.4 Å². The zero-order valence-electron chi connectivity index (χ0n) is 27.5. The van der Waals surface area contributed by atoms with Crippen LogP contribution in [0.5, 0.6) is 11.5 Å². The van der Waals surface area contributed by atoms with Gasteiger partial charge in [0.2, 0.25) is 5.91 Å². The number of hydrogen-bond donors (Lipinski definition) is 1. The van der Waals surface area contributed by atoms with Gasteiger partial charge in [-0.25, -0.2) is 0 Å². The van der Waals surface area contributed by atoms with Crippen LogP contribution in [0.1, 0.15) is 68.7 Å². The fraction of sp³-hybridized carbons (Fsp3) is 0.500. The number of hydrogen-bond acceptors (Lipinski definition) is 6. The maximum Gasteiger partial charge on any atom is 0.232 e. The maximum absolute atomic E-state index is 13.9. The van der Waals surface area contributed by atoms with Gasteiger partial charge in [0.25, 0.3) is 0 Å². The van der Waals surface area contributed by atoms with Crippen LogP contribution < -0.4 is 24.6 Å². The highest BCUT2D eigenvalue weighted by Gasteiger charge is 2.42. The quantitative estimate of drug-likeness (QED) is 0.275. The molecular formula is C38H47ClN4O3. The lowest BCUT2D eigenvalue weighted by atomic mass is 9.84. The maximum atomic E-state index is 13.9. The highest BCUT2D eigenvalue weighted by molar-refractivity contribution is 6.30. The lowest BCUT2D eigenvalue weighted by molar-refractivity contribution is -0.118. The molecule has 3 aromatic rings. The van der Waals surface area contributed by atoms with E-state index in [0.717, 1.165) is 47.0 Å². The molecule has 1 amide bonds. The first-order chi connectivity index (χ1) is 22.3. The number of carbonyl (C=O) groups is 1. The zero-order valence-corrected chi connectivity index (χ0v) is 28.3. The van der Waals surface area contributed by atoms with Gasteiger partial charge in [0.05, 0.1) is 25.7 Å². The van der Waals surface area contributed by atoms with Crippen LogP contribution in [-0.2, 0) is 11.2 Å². The molecule has 3 unspecified atom stereocenters. The number of halogens is 1. The molecule has 4 aliphatic rings. The molecule has 0 radical (unpaired) electrons. The smallest absolute Gasteiger partial charge is 0.232 e. The number of fused-ring (bicyclic) bond motifs is 3. The number of nitrogens with zero attached hydrogens (tertiary/aromatic N) is 3. The predicted octanol–water partition coefficient (Wildman–Crippen LogP) is 6.86. The summed E-state index contributed by atoms with van der Waals surface area (Å²) in [5, 5.41) is 4.31. The van der Waals surface area contributed by atoms with Crippen LogP contribution in [0, 0.1) is 5.92 Å². The summed E-state index contributed by atoms with van der Waals surface area (Å²) in [5.74, 6) is 2.09. The minimum atomic E-state index is -0.325. The number of rotatable bonds is 9. The Kier molecular flexibility index (Phi) is 8.92. The van der Waals surface area contributed by atoms with Crippen LogP contribution in [0.2, 0.25) is 5.02 Å². The summed E-state index contributed by atoms with van der Waals surface area (Å²) in [6.07, 6.45) is 6.86. The SMILES string of the molecule is COc1cc2c(cc1OC(C)C)C(c1ccc(Cl)cc1)N(c1ccc(N(C)CC3CCC(N4CC5CC4CN5)CC3)cc1)C(=O)C2. The van der Waals surface area contributed by atoms with Gasteiger partial charge in [-0.2, -0.15) is 0 Å². The largest absolute Gasteiger partial charge is 0.493 e. The van der Waals surface area contributed by atoms with Crippen molar-refractivity contribution in [1.82, 2.24) is 10.2 Å². The molecule has 0 aromatic heterocycles. The Hall–Kier alpha value is -3.26. The lowest BCUT2D eigenvalue weighted by Crippen LogP contribution is -2.49. The van der Waals surface area contributed by atoms with Gasteiger partial charge in [0.15, 0.2) is 11.5 Å². The number of amides is 1. The second kappa shape index (κ2) is 13.1. The topological polar surface area (TPSA) is 57.3 Å². The Morgan fingerprint density at radius 1 is 0.978 bits per heavy atom. The minimum Gasteiger partial charge on any atom is -0.493 e. The van der Waals surface area contributed by atoms with Crippen molar-refractivity contribution in [3.63, 3.8) is 0 Å². The summed E-state index contributed by atoms with van der Waals surface area (Å²) >= 11 is 6.30. The van der Waals surface area contributed by atoms with Crippen LogP contribution in [0.15, 0.2) is 60.7 Å². The van der Waals surface area contributed by atoms with E-state index >= 15 is 0 Å². The fourth-order valence-electron chi connectivity index (χ4n) is 8.39. The molecule has 0 spiro atoms. The van der Waals surface area contributed by atoms with Crippen molar-refractivity contribution < 1.29 is 14.3 Å². The number of nitrogens with one attached hydrogen (secondary N) is 1. The van der Waals surface area contributed by atoms with Gasteiger partial charge < -0.3 is 24.6 Å². The number of methoxy groups -OCH3 is 1. The van der Waals surface area contributed by atoms with E-state index in [-0.39, 0.29) is 24.5 Å². The predicted molar refractivity (Wildman–Crippen MR) is 186 cm³/mol. The van der Waals surface area contributed by atoms with E-state index in [1.165, 1.54) is 50.9 Å². The Bertz CT molecular complexity index is 1540. The molecule has 8 heteroatoms. The monoisotopic (exact) mass is 642 g/mol. The average Bonchev–Trinajstić information content (AvgIpc) is 3.69. The van der Waals surface area contributed by atoms with Gasteiger partial charge in [-0.15, -0.1) is 0 Å². The first-order valence-electron chi connectivity index (χ1n) is 17.0. The summed E-state index contributed by atoms with van der Waals surface area (Å²) in [4.78, 5) is 21.1. The Morgan fingerprint density at radius 3 is 2.35 bits per heavy atom. The molecule has 2 saturated heterocycles. The number of anilines is 2. The molecule has 46 heavy (non-hydrogen) atoms. The van der Waals surface area contributed by atoms with E-state index in [1.54, 1.807) is 7.11 Å². The van der Waals surface area contributed by atoms with E-state index in [1.807, 2.05) is 49.1 Å². The highest BCUT2D eigenvalue weighted by Crippen LogP contribution is 2.44. The second-order valence-electron chi connectivity index (χ2n) is 14.0. The van der Waals surface area contributed by atoms with E-state index in [0.29, 0.717) is 22.4 Å². The van der Waals surface area contributed by atoms with E-state index in [4.69, 9.17) is 21.1 Å². The first-order valence-corrected chi connectivity index (χ1v) is 17.4. The molecule has 1 aliphatic carbocycles. The summed E-state index contributed by atoms with van der Waals surface area (Å²) < 4.78 is 11.8. The van der Waals surface area contributed by atoms with Crippen molar-refractivity contribution in [2.24, 2.45) is 5.92 Å². The molecule has 244 valence electrons. The Morgan fingerprint density at radius 2 is 1.72 bits per heavy atom. The minimum absolute atomic E-state index is 0.0143. The molecule has 1 saturated carbocycles. The molecule has 3 heterocycles. The van der Waals surface area contributed by atoms with Crippen molar-refractivity contribution in [3.8, 4) is 11.5 Å². The number of piperazine rings is 1. The molecule has 3 aliphatic heterocycles. The zero-order chi connectivity index (χ0) is 31.9. The number of likely N-dealkylation sites (tertiary alicyclic amines) is 1. The first kappa shape index (κ1) is 31.3. The van der Waals surface area contributed by atoms with Gasteiger partial charge >= 0.3 is 0 Å². The normalized spacial score (nSPS) is 26.0. The van der Waals surface area contributed by atoms with Crippen molar-refractivity contribution in [1.29, 1.82) is 0 Å². The van der Waals surface area contributed by atoms with Gasteiger partial charge in [-0.1, -0.05) is 23.7 Å². The summed E-state index contributed by atoms with van der Waals surface area (Å²) in [6, 6.07) is 22.3. The molecule has 3 fully saturated rings. The molecule has 7 nitrogen and oxygen atoms in total. The summed E-state index contributed by atoms with van der Waals surface area (Å²) in [7, 11) is 3.84. The molecule has 1 N–H and O–H groups in total. The van der Waals surface area contributed by atoms with E-state index in [9.17, 15) is 4.79 Å². The van der Waals surface area contributed by atoms with Crippen LogP contribution in [0.25, 0.3) is 0 Å². The Labute approximate surface area is 278 Å². The van der Waals surface area contributed by atoms with Gasteiger partial charge in [-0.05, 0) is 117 Å². The van der Waals surface area contributed by atoms with E-state index in [2.05, 4.69) is 52.5 Å². The van der Waals surface area contributed by atoms with Crippen LogP contribution in [0.4, 0.5) is 11.4 Å². The number of benzene rings is 3. The third-order valence-corrected chi connectivity index (χ3v) is 10.9. The number of carbonyl (C=O) groups excluding carboxylic acids is 1. The Balaban J connectivity index is 1.09. The third kappa shape index (κ3) is 6.22. The average molecular weight is 643 g/mol. The van der Waals surface area contributed by atoms with Crippen molar-refractivity contribution in [2.45, 2.75) is 82.6 Å². The van der Waals surface area contributed by atoms with Gasteiger partial charge in [0, 0.05) is 61.2 Å². The second-order valence-corrected chi connectivity index (χ2v) is 14.5. The van der Waals surface area contributed by atoms with E-state index < -0.39 is 0 Å². The number of ether oxygens (including phenoxy) is 2. The molecule has 3 aromatic carbocycles. The standard InChI is InChI=1S/C38H47ClN4O3/c1-24(2)46-36-20-34-27(17-35(36)45-4)18-37(44)43(38(34)26-7-9-28(39)10-8-26)32-15-13-30(14-16-32)41(3)22-25-5-11-31(12-6-25)42-23-29-19-33(42)21-40-29/h7-10,13-17,20,24-25,29,31,33,38,40H,5-6,11-12,18-19,21-23H2,1-4H3. The van der Waals surface area contributed by atoms with Gasteiger partial charge in [0.1, 0.15) is 0 Å². The van der Waals surface area contributed by atoms with Crippen LogP contribution >= 0.6 is 11.6 Å². The lowest BCUT2D eigenvalue weighted by Gasteiger charge is -2.40. The van der Waals surface area contributed by atoms with Crippen LogP contribution in [0.3, 0.4) is 0 Å². The fourth-order valence-corrected chi connectivity index (χ4v) is 8.51. The summed E-state index contributed by atoms with van der Waals surface area (Å²) in [5.41, 5.74) is 5.04. The van der Waals surface area contributed by atoms with Crippen molar-refractivity contribution in [2.75, 3.05) is 43.6 Å². The van der Waals surface area contributed by atoms with Crippen molar-refractivity contribution >= 4 is 28.9 Å². The molecule has 3 atom stereocenters. The molecule has 7 rings (SSSR count). The third-order valence-electron chi connectivity index (χ3n) is 10.6. The van der Waals surface area contributed by atoms with Gasteiger partial charge in [-0.3, -0.25) is 9.69 Å².